The van der Waals surface area contributed by atoms with Gasteiger partial charge >= 0.3 is 0 Å². The highest BCUT2D eigenvalue weighted by atomic mass is 32.2. The Morgan fingerprint density at radius 2 is 2.12 bits per heavy atom. The molecule has 0 bridgehead atoms. The lowest BCUT2D eigenvalue weighted by Crippen LogP contribution is -2.04. The molecule has 1 atom stereocenters. The molecule has 6 nitrogen and oxygen atoms in total. The third-order valence-corrected chi connectivity index (χ3v) is 5.71. The Morgan fingerprint density at radius 1 is 1.27 bits per heavy atom. The molecule has 130 valence electrons. The van der Waals surface area contributed by atoms with Crippen molar-refractivity contribution >= 4 is 22.7 Å². The first-order chi connectivity index (χ1) is 12.8. The predicted molar refractivity (Wildman–Crippen MR) is 100 cm³/mol. The number of H-pyrrole nitrogens is 1. The molecule has 1 aliphatic rings. The summed E-state index contributed by atoms with van der Waals surface area (Å²) in [6.45, 7) is 0. The zero-order valence-electron chi connectivity index (χ0n) is 14.2. The van der Waals surface area contributed by atoms with Crippen LogP contribution in [0.25, 0.3) is 22.3 Å². The molecular weight excluding hydrogens is 344 g/mol. The number of nitrogens with one attached hydrogen (secondary N) is 1. The number of hydrogen-bond donors (Lipinski definition) is 1. The van der Waals surface area contributed by atoms with Gasteiger partial charge in [0.25, 0.3) is 0 Å². The molecule has 3 aromatic rings. The fourth-order valence-electron chi connectivity index (χ4n) is 3.08. The molecule has 26 heavy (non-hydrogen) atoms. The van der Waals surface area contributed by atoms with Crippen molar-refractivity contribution in [1.82, 2.24) is 19.7 Å². The molecule has 0 radical (unpaired) electrons. The Bertz CT molecular complexity index is 1000. The second kappa shape index (κ2) is 7.23. The minimum Gasteiger partial charge on any atom is -0.360 e. The van der Waals surface area contributed by atoms with Gasteiger partial charge < -0.3 is 4.98 Å². The van der Waals surface area contributed by atoms with E-state index in [0.717, 1.165) is 40.3 Å². The van der Waals surface area contributed by atoms with Gasteiger partial charge in [-0.1, -0.05) is 30.0 Å². The van der Waals surface area contributed by atoms with Crippen LogP contribution in [0, 0.1) is 28.6 Å². The van der Waals surface area contributed by atoms with Gasteiger partial charge in [-0.3, -0.25) is 4.57 Å². The van der Waals surface area contributed by atoms with Crippen LogP contribution in [0.4, 0.5) is 0 Å². The van der Waals surface area contributed by atoms with Gasteiger partial charge in [-0.25, -0.2) is 0 Å². The molecule has 1 N–H and O–H groups in total. The van der Waals surface area contributed by atoms with Crippen LogP contribution in [0.1, 0.15) is 31.7 Å². The zero-order chi connectivity index (χ0) is 17.9. The Morgan fingerprint density at radius 3 is 2.88 bits per heavy atom. The Kier molecular flexibility index (Phi) is 4.64. The van der Waals surface area contributed by atoms with E-state index >= 15 is 0 Å². The highest BCUT2D eigenvalue weighted by Gasteiger charge is 2.31. The van der Waals surface area contributed by atoms with Crippen molar-refractivity contribution in [1.29, 1.82) is 10.5 Å². The van der Waals surface area contributed by atoms with E-state index in [2.05, 4.69) is 44.0 Å². The summed E-state index contributed by atoms with van der Waals surface area (Å²) >= 11 is 1.57. The number of nitrogens with zero attached hydrogens (tertiary/aromatic N) is 5. The van der Waals surface area contributed by atoms with E-state index < -0.39 is 0 Å². The molecule has 1 unspecified atom stereocenters. The lowest BCUT2D eigenvalue weighted by molar-refractivity contribution is 0.659. The first-order valence-corrected chi connectivity index (χ1v) is 9.71. The van der Waals surface area contributed by atoms with Gasteiger partial charge in [0, 0.05) is 40.9 Å². The quantitative estimate of drug-likeness (QED) is 0.632. The number of rotatable bonds is 7. The van der Waals surface area contributed by atoms with E-state index in [1.54, 1.807) is 11.8 Å². The molecule has 1 aliphatic carbocycles. The third-order valence-electron chi connectivity index (χ3n) is 4.61. The summed E-state index contributed by atoms with van der Waals surface area (Å²) < 4.78 is 2.22. The lowest BCUT2D eigenvalue weighted by atomic mass is 10.1. The molecule has 1 aromatic carbocycles. The smallest absolute Gasteiger partial charge is 0.191 e. The molecule has 2 aromatic heterocycles. The van der Waals surface area contributed by atoms with Gasteiger partial charge in [0.2, 0.25) is 0 Å². The minimum absolute atomic E-state index is 0.138. The van der Waals surface area contributed by atoms with Crippen LogP contribution in [-0.2, 0) is 0 Å². The number of hydrogen-bond acceptors (Lipinski definition) is 5. The van der Waals surface area contributed by atoms with Gasteiger partial charge in [0.1, 0.15) is 0 Å². The molecule has 2 heterocycles. The van der Waals surface area contributed by atoms with Gasteiger partial charge in [0.15, 0.2) is 11.0 Å². The maximum absolute atomic E-state index is 9.28. The van der Waals surface area contributed by atoms with Crippen LogP contribution < -0.4 is 0 Å². The number of para-hydroxylation sites is 1. The number of aromatic amines is 1. The predicted octanol–water partition coefficient (Wildman–Crippen LogP) is 4.30. The summed E-state index contributed by atoms with van der Waals surface area (Å²) in [7, 11) is 0. The van der Waals surface area contributed by atoms with Crippen LogP contribution >= 0.6 is 11.8 Å². The maximum atomic E-state index is 9.28. The Hall–Kier alpha value is -2.77. The van der Waals surface area contributed by atoms with Gasteiger partial charge in [-0.15, -0.1) is 10.2 Å². The molecular formula is C19H18N6S. The standard InChI is InChI=1S/C19H18N6S/c20-9-3-4-13(10-21)12-26-19-24-23-18(25(19)14-7-8-14)16-11-22-17-6-2-1-5-15(16)17/h1-2,5-6,11,13-14,22H,3-4,7-8,12H2. The zero-order valence-corrected chi connectivity index (χ0v) is 15.0. The summed E-state index contributed by atoms with van der Waals surface area (Å²) in [6.07, 6.45) is 5.28. The van der Waals surface area contributed by atoms with E-state index in [1.165, 1.54) is 0 Å². The van der Waals surface area contributed by atoms with Crippen molar-refractivity contribution in [2.75, 3.05) is 5.75 Å². The summed E-state index contributed by atoms with van der Waals surface area (Å²) in [5, 5.41) is 28.9. The molecule has 0 amide bonds. The van der Waals surface area contributed by atoms with Gasteiger partial charge in [-0.05, 0) is 25.3 Å². The minimum atomic E-state index is -0.138. The molecule has 7 heteroatoms. The van der Waals surface area contributed by atoms with Crippen molar-refractivity contribution in [2.45, 2.75) is 36.9 Å². The highest BCUT2D eigenvalue weighted by Crippen LogP contribution is 2.42. The summed E-state index contributed by atoms with van der Waals surface area (Å²) in [5.74, 6) is 1.38. The maximum Gasteiger partial charge on any atom is 0.191 e. The van der Waals surface area contributed by atoms with E-state index in [0.29, 0.717) is 24.6 Å². The average Bonchev–Trinajstić information content (AvgIpc) is 3.28. The van der Waals surface area contributed by atoms with E-state index in [4.69, 9.17) is 5.26 Å². The third kappa shape index (κ3) is 3.18. The molecule has 0 aliphatic heterocycles. The van der Waals surface area contributed by atoms with Crippen LogP contribution in [0.15, 0.2) is 35.6 Å². The number of thioether (sulfide) groups is 1. The number of benzene rings is 1. The molecule has 1 saturated carbocycles. The Balaban J connectivity index is 1.62. The summed E-state index contributed by atoms with van der Waals surface area (Å²) in [6, 6.07) is 13.0. The number of fused-ring (bicyclic) bond motifs is 1. The average molecular weight is 362 g/mol. The van der Waals surface area contributed by atoms with Crippen LogP contribution in [0.2, 0.25) is 0 Å². The second-order valence-electron chi connectivity index (χ2n) is 6.49. The van der Waals surface area contributed by atoms with E-state index in [9.17, 15) is 5.26 Å². The van der Waals surface area contributed by atoms with Crippen molar-refractivity contribution in [3.63, 3.8) is 0 Å². The van der Waals surface area contributed by atoms with E-state index in [-0.39, 0.29) is 5.92 Å². The molecule has 0 saturated heterocycles. The van der Waals surface area contributed by atoms with Gasteiger partial charge in [0.05, 0.1) is 18.1 Å². The summed E-state index contributed by atoms with van der Waals surface area (Å²) in [5.41, 5.74) is 2.15. The highest BCUT2D eigenvalue weighted by molar-refractivity contribution is 7.99. The topological polar surface area (TPSA) is 94.1 Å². The molecule has 4 rings (SSSR count). The number of aromatic nitrogens is 4. The SMILES string of the molecule is N#CCCC(C#N)CSc1nnc(-c2c[nH]c3ccccc23)n1C1CC1. The molecule has 1 fully saturated rings. The van der Waals surface area contributed by atoms with E-state index in [1.807, 2.05) is 18.3 Å². The van der Waals surface area contributed by atoms with Crippen molar-refractivity contribution < 1.29 is 0 Å². The molecule has 0 spiro atoms. The fraction of sp³-hybridized carbons (Fsp3) is 0.368. The van der Waals surface area contributed by atoms with Crippen LogP contribution in [0.5, 0.6) is 0 Å². The lowest BCUT2D eigenvalue weighted by Gasteiger charge is -2.10. The van der Waals surface area contributed by atoms with Crippen molar-refractivity contribution in [3.05, 3.63) is 30.5 Å². The normalized spacial score (nSPS) is 14.8. The first kappa shape index (κ1) is 16.7. The number of nitriles is 2. The second-order valence-corrected chi connectivity index (χ2v) is 7.48. The van der Waals surface area contributed by atoms with Crippen molar-refractivity contribution in [2.24, 2.45) is 5.92 Å². The van der Waals surface area contributed by atoms with Gasteiger partial charge in [-0.2, -0.15) is 10.5 Å². The van der Waals surface area contributed by atoms with Crippen LogP contribution in [0.3, 0.4) is 0 Å². The van der Waals surface area contributed by atoms with Crippen molar-refractivity contribution in [3.8, 4) is 23.5 Å². The Labute approximate surface area is 155 Å². The van der Waals surface area contributed by atoms with Crippen LogP contribution in [-0.4, -0.2) is 25.5 Å². The largest absolute Gasteiger partial charge is 0.360 e. The first-order valence-electron chi connectivity index (χ1n) is 8.72. The monoisotopic (exact) mass is 362 g/mol. The fourth-order valence-corrected chi connectivity index (χ4v) is 4.14. The summed E-state index contributed by atoms with van der Waals surface area (Å²) in [4.78, 5) is 3.30.